The van der Waals surface area contributed by atoms with Crippen LogP contribution < -0.4 is 0 Å². The topological polar surface area (TPSA) is 29.0 Å². The highest BCUT2D eigenvalue weighted by Crippen LogP contribution is 2.46. The maximum absolute atomic E-state index is 4.50. The maximum atomic E-state index is 4.50. The average molecular weight is 243 g/mol. The summed E-state index contributed by atoms with van der Waals surface area (Å²) in [4.78, 5) is 11.6. The third-order valence-electron chi connectivity index (χ3n) is 5.17. The Labute approximate surface area is 109 Å². The molecule has 0 aromatic carbocycles. The van der Waals surface area contributed by atoms with Gasteiger partial charge in [0.25, 0.3) is 0 Å². The summed E-state index contributed by atoms with van der Waals surface area (Å²) in [6.07, 6.45) is 14.8. The van der Waals surface area contributed by atoms with Gasteiger partial charge in [-0.3, -0.25) is 4.90 Å². The fourth-order valence-corrected chi connectivity index (χ4v) is 4.40. The molecule has 0 radical (unpaired) electrons. The minimum absolute atomic E-state index is 0.628. The van der Waals surface area contributed by atoms with Gasteiger partial charge in [0, 0.05) is 36.3 Å². The smallest absolute Gasteiger partial charge is 0.115 e. The molecule has 96 valence electrons. The third-order valence-corrected chi connectivity index (χ3v) is 5.17. The van der Waals surface area contributed by atoms with E-state index in [2.05, 4.69) is 21.1 Å². The summed E-state index contributed by atoms with van der Waals surface area (Å²) in [5.41, 5.74) is 2.75. The lowest BCUT2D eigenvalue weighted by Crippen LogP contribution is -2.45. The summed E-state index contributed by atoms with van der Waals surface area (Å²) in [5.74, 6) is 0. The number of hydrogen-bond donors (Lipinski definition) is 0. The monoisotopic (exact) mass is 243 g/mol. The van der Waals surface area contributed by atoms with Gasteiger partial charge < -0.3 is 0 Å². The first-order chi connectivity index (χ1) is 8.93. The van der Waals surface area contributed by atoms with E-state index in [0.717, 1.165) is 18.5 Å². The Balaban J connectivity index is 1.67. The van der Waals surface area contributed by atoms with Crippen LogP contribution in [-0.4, -0.2) is 27.0 Å². The van der Waals surface area contributed by atoms with Crippen molar-refractivity contribution in [3.63, 3.8) is 0 Å². The summed E-state index contributed by atoms with van der Waals surface area (Å²) in [5, 5.41) is 0. The molecule has 3 heteroatoms. The molecule has 2 fully saturated rings. The van der Waals surface area contributed by atoms with E-state index in [1.54, 1.807) is 6.33 Å². The molecule has 1 saturated heterocycles. The SMILES string of the molecule is c1ncc2c(n1)CC1CCC2N1C1CCCCC1. The predicted molar refractivity (Wildman–Crippen MR) is 70.2 cm³/mol. The molecule has 2 unspecified atom stereocenters. The van der Waals surface area contributed by atoms with Crippen molar-refractivity contribution >= 4 is 0 Å². The van der Waals surface area contributed by atoms with Crippen LogP contribution in [0.25, 0.3) is 0 Å². The van der Waals surface area contributed by atoms with Gasteiger partial charge in [0.2, 0.25) is 0 Å². The first-order valence-electron chi connectivity index (χ1n) is 7.49. The lowest BCUT2D eigenvalue weighted by Gasteiger charge is -2.42. The van der Waals surface area contributed by atoms with Gasteiger partial charge in [0.05, 0.1) is 5.69 Å². The van der Waals surface area contributed by atoms with Crippen molar-refractivity contribution < 1.29 is 0 Å². The van der Waals surface area contributed by atoms with Crippen LogP contribution in [-0.2, 0) is 6.42 Å². The Morgan fingerprint density at radius 3 is 2.78 bits per heavy atom. The maximum Gasteiger partial charge on any atom is 0.115 e. The number of nitrogens with zero attached hydrogens (tertiary/aromatic N) is 3. The number of aromatic nitrogens is 2. The van der Waals surface area contributed by atoms with Gasteiger partial charge in [-0.05, 0) is 25.7 Å². The number of rotatable bonds is 1. The van der Waals surface area contributed by atoms with Crippen molar-refractivity contribution in [3.05, 3.63) is 23.8 Å². The molecule has 2 bridgehead atoms. The molecule has 4 rings (SSSR count). The predicted octanol–water partition coefficient (Wildman–Crippen LogP) is 2.87. The van der Waals surface area contributed by atoms with E-state index < -0.39 is 0 Å². The van der Waals surface area contributed by atoms with Crippen molar-refractivity contribution in [3.8, 4) is 0 Å². The molecule has 1 aliphatic carbocycles. The van der Waals surface area contributed by atoms with Gasteiger partial charge in [-0.15, -0.1) is 0 Å². The van der Waals surface area contributed by atoms with E-state index in [1.807, 2.05) is 0 Å². The van der Waals surface area contributed by atoms with Gasteiger partial charge >= 0.3 is 0 Å². The molecule has 18 heavy (non-hydrogen) atoms. The van der Waals surface area contributed by atoms with E-state index in [0.29, 0.717) is 6.04 Å². The molecule has 2 aliphatic heterocycles. The van der Waals surface area contributed by atoms with Crippen LogP contribution in [0.3, 0.4) is 0 Å². The second-order valence-electron chi connectivity index (χ2n) is 6.11. The highest BCUT2D eigenvalue weighted by Gasteiger charge is 2.43. The summed E-state index contributed by atoms with van der Waals surface area (Å²) in [6, 6.07) is 2.23. The Morgan fingerprint density at radius 1 is 1.00 bits per heavy atom. The van der Waals surface area contributed by atoms with Crippen LogP contribution in [0.2, 0.25) is 0 Å². The molecule has 1 saturated carbocycles. The quantitative estimate of drug-likeness (QED) is 0.759. The Bertz CT molecular complexity index is 439. The lowest BCUT2D eigenvalue weighted by molar-refractivity contribution is 0.0869. The van der Waals surface area contributed by atoms with Crippen LogP contribution in [0.4, 0.5) is 0 Å². The van der Waals surface area contributed by atoms with Crippen LogP contribution in [0.1, 0.15) is 62.2 Å². The molecule has 3 nitrogen and oxygen atoms in total. The first-order valence-corrected chi connectivity index (χ1v) is 7.49. The van der Waals surface area contributed by atoms with Crippen LogP contribution in [0.5, 0.6) is 0 Å². The summed E-state index contributed by atoms with van der Waals surface area (Å²) < 4.78 is 0. The van der Waals surface area contributed by atoms with E-state index in [1.165, 1.54) is 56.2 Å². The van der Waals surface area contributed by atoms with Crippen molar-refractivity contribution in [1.29, 1.82) is 0 Å². The molecule has 0 N–H and O–H groups in total. The van der Waals surface area contributed by atoms with Gasteiger partial charge in [0.15, 0.2) is 0 Å². The zero-order valence-electron chi connectivity index (χ0n) is 10.9. The molecule has 1 aromatic rings. The molecular formula is C15H21N3. The molecule has 2 atom stereocenters. The second kappa shape index (κ2) is 4.30. The average Bonchev–Trinajstić information content (AvgIpc) is 2.75. The normalized spacial score (nSPS) is 32.4. The highest BCUT2D eigenvalue weighted by atomic mass is 15.2. The van der Waals surface area contributed by atoms with Crippen molar-refractivity contribution in [2.24, 2.45) is 0 Å². The molecule has 3 heterocycles. The summed E-state index contributed by atoms with van der Waals surface area (Å²) in [6.45, 7) is 0. The van der Waals surface area contributed by atoms with Crippen molar-refractivity contribution in [2.45, 2.75) is 69.5 Å². The zero-order chi connectivity index (χ0) is 11.9. The second-order valence-corrected chi connectivity index (χ2v) is 6.11. The molecule has 3 aliphatic rings. The lowest BCUT2D eigenvalue weighted by atomic mass is 9.89. The number of hydrogen-bond acceptors (Lipinski definition) is 3. The van der Waals surface area contributed by atoms with E-state index in [9.17, 15) is 0 Å². The summed E-state index contributed by atoms with van der Waals surface area (Å²) in [7, 11) is 0. The molecule has 0 spiro atoms. The van der Waals surface area contributed by atoms with Gasteiger partial charge in [-0.2, -0.15) is 0 Å². The van der Waals surface area contributed by atoms with Crippen LogP contribution >= 0.6 is 0 Å². The van der Waals surface area contributed by atoms with Crippen molar-refractivity contribution in [1.82, 2.24) is 14.9 Å². The minimum atomic E-state index is 0.628. The van der Waals surface area contributed by atoms with Crippen molar-refractivity contribution in [2.75, 3.05) is 0 Å². The van der Waals surface area contributed by atoms with Gasteiger partial charge in [-0.25, -0.2) is 9.97 Å². The fraction of sp³-hybridized carbons (Fsp3) is 0.733. The fourth-order valence-electron chi connectivity index (χ4n) is 4.40. The molecular weight excluding hydrogens is 222 g/mol. The number of fused-ring (bicyclic) bond motifs is 4. The van der Waals surface area contributed by atoms with Crippen LogP contribution in [0.15, 0.2) is 12.5 Å². The Kier molecular flexibility index (Phi) is 2.61. The van der Waals surface area contributed by atoms with Crippen LogP contribution in [0, 0.1) is 0 Å². The molecule has 1 aromatic heterocycles. The van der Waals surface area contributed by atoms with Gasteiger partial charge in [0.1, 0.15) is 6.33 Å². The Morgan fingerprint density at radius 2 is 1.89 bits per heavy atom. The van der Waals surface area contributed by atoms with Gasteiger partial charge in [-0.1, -0.05) is 19.3 Å². The Hall–Kier alpha value is -0.960. The third kappa shape index (κ3) is 1.60. The molecule has 0 amide bonds. The van der Waals surface area contributed by atoms with E-state index in [-0.39, 0.29) is 0 Å². The minimum Gasteiger partial charge on any atom is -0.290 e. The standard InChI is InChI=1S/C15H21N3/c1-2-4-11(5-3-1)18-12-6-7-15(18)13-9-16-10-17-14(13)8-12/h9-12,15H,1-8H2. The highest BCUT2D eigenvalue weighted by molar-refractivity contribution is 5.28. The van der Waals surface area contributed by atoms with E-state index in [4.69, 9.17) is 0 Å². The summed E-state index contributed by atoms with van der Waals surface area (Å²) >= 11 is 0. The first kappa shape index (κ1) is 10.9. The largest absolute Gasteiger partial charge is 0.290 e. The zero-order valence-corrected chi connectivity index (χ0v) is 10.9. The van der Waals surface area contributed by atoms with E-state index >= 15 is 0 Å².